The predicted octanol–water partition coefficient (Wildman–Crippen LogP) is 10.0. The van der Waals surface area contributed by atoms with Crippen molar-refractivity contribution in [1.29, 1.82) is 0 Å². The molecule has 17 heteroatoms. The van der Waals surface area contributed by atoms with Crippen LogP contribution in [-0.2, 0) is 46.3 Å². The Hall–Kier alpha value is -2.00. The van der Waals surface area contributed by atoms with Crippen molar-refractivity contribution in [1.82, 2.24) is 0 Å². The van der Waals surface area contributed by atoms with Crippen molar-refractivity contribution in [2.75, 3.05) is 39.6 Å². The number of ether oxygens (including phenoxy) is 2. The molecule has 0 saturated carbocycles. The number of allylic oxidation sites excluding steroid dienone is 8. The number of phosphoric ester groups is 2. The second-order valence-corrected chi connectivity index (χ2v) is 18.4. The van der Waals surface area contributed by atoms with Gasteiger partial charge in [-0.05, 0) is 32.1 Å². The lowest BCUT2D eigenvalue weighted by molar-refractivity contribution is -0.148. The van der Waals surface area contributed by atoms with Crippen molar-refractivity contribution in [3.63, 3.8) is 0 Å². The molecule has 62 heavy (non-hydrogen) atoms. The molecule has 0 heterocycles. The number of hydrogen-bond acceptors (Lipinski definition) is 13. The van der Waals surface area contributed by atoms with Gasteiger partial charge >= 0.3 is 27.6 Å². The van der Waals surface area contributed by atoms with Crippen molar-refractivity contribution in [3.8, 4) is 0 Å². The quantitative estimate of drug-likeness (QED) is 0.0166. The van der Waals surface area contributed by atoms with E-state index in [9.17, 15) is 43.8 Å². The number of aliphatic hydroxyl groups excluding tert-OH is 3. The van der Waals surface area contributed by atoms with Crippen LogP contribution in [0.25, 0.3) is 0 Å². The van der Waals surface area contributed by atoms with Gasteiger partial charge in [0.05, 0.1) is 26.4 Å². The number of hydrogen-bond donors (Lipinski definition) is 5. The summed E-state index contributed by atoms with van der Waals surface area (Å²) in [5, 5.41) is 30.0. The van der Waals surface area contributed by atoms with E-state index in [0.717, 1.165) is 57.8 Å². The van der Waals surface area contributed by atoms with Gasteiger partial charge in [-0.2, -0.15) is 0 Å². The van der Waals surface area contributed by atoms with Crippen LogP contribution < -0.4 is 0 Å². The van der Waals surface area contributed by atoms with Gasteiger partial charge in [0, 0.05) is 12.8 Å². The lowest BCUT2D eigenvalue weighted by atomic mass is 10.0. The normalized spacial score (nSPS) is 15.7. The Labute approximate surface area is 372 Å². The average molecular weight is 925 g/mol. The Morgan fingerprint density at radius 2 is 0.742 bits per heavy atom. The first-order valence-electron chi connectivity index (χ1n) is 23.0. The second kappa shape index (κ2) is 41.7. The van der Waals surface area contributed by atoms with E-state index in [4.69, 9.17) is 9.47 Å². The molecule has 5 atom stereocenters. The number of aliphatic hydroxyl groups is 3. The highest BCUT2D eigenvalue weighted by molar-refractivity contribution is 7.47. The SMILES string of the molecule is CC/C=C/C=C/C=C/C=C\CCCCCCCC(=O)OCC(O)COP(=O)(O)OCC(O)COP(=O)(O)OCC(O)COC(=O)CCCCCCCCCCCCCCCCC. The summed E-state index contributed by atoms with van der Waals surface area (Å²) in [4.78, 5) is 43.7. The number of carbonyl (C=O) groups is 2. The van der Waals surface area contributed by atoms with Gasteiger partial charge in [-0.15, -0.1) is 0 Å². The Kier molecular flexibility index (Phi) is 40.3. The molecule has 0 aliphatic rings. The summed E-state index contributed by atoms with van der Waals surface area (Å²) in [7, 11) is -9.57. The Morgan fingerprint density at radius 1 is 0.435 bits per heavy atom. The van der Waals surface area contributed by atoms with Crippen LogP contribution in [0.15, 0.2) is 48.6 Å². The number of unbranched alkanes of at least 4 members (excludes halogenated alkanes) is 19. The molecule has 362 valence electrons. The van der Waals surface area contributed by atoms with E-state index < -0.39 is 85.5 Å². The molecule has 0 fully saturated rings. The topological polar surface area (TPSA) is 225 Å². The van der Waals surface area contributed by atoms with Crippen LogP contribution in [0.4, 0.5) is 0 Å². The van der Waals surface area contributed by atoms with Crippen LogP contribution in [-0.4, -0.2) is 95.0 Å². The molecule has 0 aromatic rings. The molecule has 0 radical (unpaired) electrons. The van der Waals surface area contributed by atoms with Crippen LogP contribution in [0, 0.1) is 0 Å². The fourth-order valence-corrected chi connectivity index (χ4v) is 7.40. The monoisotopic (exact) mass is 925 g/mol. The van der Waals surface area contributed by atoms with Gasteiger partial charge in [0.2, 0.25) is 0 Å². The zero-order valence-electron chi connectivity index (χ0n) is 37.8. The van der Waals surface area contributed by atoms with E-state index >= 15 is 0 Å². The average Bonchev–Trinajstić information content (AvgIpc) is 3.24. The first-order chi connectivity index (χ1) is 29.8. The van der Waals surface area contributed by atoms with E-state index in [-0.39, 0.29) is 12.8 Å². The van der Waals surface area contributed by atoms with Crippen molar-refractivity contribution in [2.24, 2.45) is 0 Å². The molecule has 5 N–H and O–H groups in total. The standard InChI is InChI=1S/C45H82O15P2/c1-3-5-7-9-11-13-15-17-19-21-23-25-27-29-31-33-44(49)55-35-41(46)37-57-61(51,52)59-39-43(48)40-60-62(53,54)58-38-42(47)36-56-45(50)34-32-30-28-26-24-22-20-18-16-14-12-10-8-6-4-2/h5,7,9,11,13,15,17,19,41-43,46-48H,3-4,6,8,10,12,14,16,18,20-40H2,1-2H3,(H,51,52)(H,53,54)/b7-5+,11-9+,15-13+,19-17-. The fraction of sp³-hybridized carbons (Fsp3) is 0.778. The predicted molar refractivity (Wildman–Crippen MR) is 242 cm³/mol. The number of esters is 2. The first kappa shape index (κ1) is 60.0. The highest BCUT2D eigenvalue weighted by atomic mass is 31.2. The maximum atomic E-state index is 12.1. The Morgan fingerprint density at radius 3 is 1.11 bits per heavy atom. The van der Waals surface area contributed by atoms with Crippen LogP contribution >= 0.6 is 15.6 Å². The van der Waals surface area contributed by atoms with Crippen molar-refractivity contribution < 1.29 is 71.4 Å². The third-order valence-electron chi connectivity index (χ3n) is 9.39. The number of rotatable bonds is 44. The summed E-state index contributed by atoms with van der Waals surface area (Å²) in [5.74, 6) is -1.02. The number of phosphoric acid groups is 2. The maximum absolute atomic E-state index is 12.1. The van der Waals surface area contributed by atoms with E-state index in [1.807, 2.05) is 36.5 Å². The summed E-state index contributed by atoms with van der Waals surface area (Å²) in [5.41, 5.74) is 0. The van der Waals surface area contributed by atoms with Crippen LogP contribution in [0.3, 0.4) is 0 Å². The molecule has 0 spiro atoms. The van der Waals surface area contributed by atoms with Crippen molar-refractivity contribution >= 4 is 27.6 Å². The molecule has 0 aromatic heterocycles. The zero-order chi connectivity index (χ0) is 46.0. The van der Waals surface area contributed by atoms with E-state index in [1.54, 1.807) is 0 Å². The maximum Gasteiger partial charge on any atom is 0.472 e. The van der Waals surface area contributed by atoms with E-state index in [0.29, 0.717) is 12.8 Å². The summed E-state index contributed by atoms with van der Waals surface area (Å²) in [6.07, 6.45) is 36.7. The molecule has 0 rings (SSSR count). The van der Waals surface area contributed by atoms with Gasteiger partial charge in [0.15, 0.2) is 0 Å². The second-order valence-electron chi connectivity index (χ2n) is 15.5. The third-order valence-corrected chi connectivity index (χ3v) is 11.3. The van der Waals surface area contributed by atoms with Gasteiger partial charge in [-0.25, -0.2) is 9.13 Å². The highest BCUT2D eigenvalue weighted by Crippen LogP contribution is 2.45. The highest BCUT2D eigenvalue weighted by Gasteiger charge is 2.28. The minimum Gasteiger partial charge on any atom is -0.463 e. The molecular formula is C45H82O15P2. The van der Waals surface area contributed by atoms with E-state index in [2.05, 4.69) is 44.1 Å². The smallest absolute Gasteiger partial charge is 0.463 e. The summed E-state index contributed by atoms with van der Waals surface area (Å²) < 4.78 is 52.9. The largest absolute Gasteiger partial charge is 0.472 e. The molecule has 0 bridgehead atoms. The lowest BCUT2D eigenvalue weighted by Crippen LogP contribution is -2.25. The molecule has 5 unspecified atom stereocenters. The van der Waals surface area contributed by atoms with Crippen LogP contribution in [0.2, 0.25) is 0 Å². The van der Waals surface area contributed by atoms with Crippen molar-refractivity contribution in [2.45, 2.75) is 186 Å². The molecule has 0 aromatic carbocycles. The van der Waals surface area contributed by atoms with Gasteiger partial charge in [-0.1, -0.05) is 172 Å². The van der Waals surface area contributed by atoms with Crippen LogP contribution in [0.1, 0.15) is 168 Å². The van der Waals surface area contributed by atoms with E-state index in [1.165, 1.54) is 70.6 Å². The number of carbonyl (C=O) groups excluding carboxylic acids is 2. The minimum atomic E-state index is -4.79. The first-order valence-corrected chi connectivity index (χ1v) is 26.0. The third kappa shape index (κ3) is 43.3. The molecule has 0 aliphatic heterocycles. The van der Waals surface area contributed by atoms with Gasteiger partial charge in [-0.3, -0.25) is 27.7 Å². The zero-order valence-corrected chi connectivity index (χ0v) is 39.6. The van der Waals surface area contributed by atoms with Gasteiger partial charge in [0.1, 0.15) is 31.5 Å². The lowest BCUT2D eigenvalue weighted by Gasteiger charge is -2.19. The van der Waals surface area contributed by atoms with Crippen LogP contribution in [0.5, 0.6) is 0 Å². The molecule has 0 saturated heterocycles. The minimum absolute atomic E-state index is 0.169. The summed E-state index contributed by atoms with van der Waals surface area (Å²) in [6, 6.07) is 0. The Balaban J connectivity index is 3.92. The molecular weight excluding hydrogens is 842 g/mol. The summed E-state index contributed by atoms with van der Waals surface area (Å²) in [6.45, 7) is 0.252. The van der Waals surface area contributed by atoms with Gasteiger partial charge < -0.3 is 34.6 Å². The Bertz CT molecular complexity index is 1310. The molecule has 0 amide bonds. The van der Waals surface area contributed by atoms with Crippen molar-refractivity contribution in [3.05, 3.63) is 48.6 Å². The molecule has 15 nitrogen and oxygen atoms in total. The molecule has 0 aliphatic carbocycles. The van der Waals surface area contributed by atoms with Gasteiger partial charge in [0.25, 0.3) is 0 Å². The fourth-order valence-electron chi connectivity index (χ4n) is 5.81. The summed E-state index contributed by atoms with van der Waals surface area (Å²) >= 11 is 0.